The zero-order valence-electron chi connectivity index (χ0n) is 17.1. The van der Waals surface area contributed by atoms with Crippen LogP contribution in [0.3, 0.4) is 0 Å². The molecule has 4 N–H and O–H groups in total. The van der Waals surface area contributed by atoms with Crippen LogP contribution in [0.5, 0.6) is 0 Å². The molecular weight excluding hydrogens is 392 g/mol. The average molecular weight is 416 g/mol. The normalized spacial score (nSPS) is 10.1. The zero-order valence-corrected chi connectivity index (χ0v) is 17.1. The quantitative estimate of drug-likeness (QED) is 0.454. The molecule has 0 aliphatic heterocycles. The summed E-state index contributed by atoms with van der Waals surface area (Å²) in [6.45, 7) is 0.488. The monoisotopic (exact) mass is 416 g/mol. The van der Waals surface area contributed by atoms with Crippen LogP contribution in [0.25, 0.3) is 0 Å². The van der Waals surface area contributed by atoms with Crippen molar-refractivity contribution in [1.29, 1.82) is 0 Å². The summed E-state index contributed by atoms with van der Waals surface area (Å²) in [5.74, 6) is -0.619. The Morgan fingerprint density at radius 3 is 2.19 bits per heavy atom. The van der Waals surface area contributed by atoms with Gasteiger partial charge < -0.3 is 21.3 Å². The molecule has 0 saturated heterocycles. The van der Waals surface area contributed by atoms with Crippen LogP contribution >= 0.6 is 0 Å². The van der Waals surface area contributed by atoms with E-state index >= 15 is 0 Å². The van der Waals surface area contributed by atoms with E-state index in [0.29, 0.717) is 29.0 Å². The molecule has 0 heterocycles. The average Bonchev–Trinajstić information content (AvgIpc) is 2.82. The van der Waals surface area contributed by atoms with Crippen LogP contribution in [0.2, 0.25) is 0 Å². The molecule has 3 aromatic rings. The molecular formula is C24H24N4O3. The van der Waals surface area contributed by atoms with Crippen molar-refractivity contribution in [3.05, 3.63) is 95.6 Å². The number of carbonyl (C=O) groups excluding carboxylic acids is 3. The first-order chi connectivity index (χ1) is 15.0. The predicted octanol–water partition coefficient (Wildman–Crippen LogP) is 3.03. The number of benzene rings is 3. The van der Waals surface area contributed by atoms with E-state index in [9.17, 15) is 14.4 Å². The maximum absolute atomic E-state index is 12.3. The van der Waals surface area contributed by atoms with Crippen LogP contribution in [0.15, 0.2) is 78.9 Å². The van der Waals surface area contributed by atoms with E-state index in [2.05, 4.69) is 21.3 Å². The van der Waals surface area contributed by atoms with E-state index in [-0.39, 0.29) is 24.3 Å². The van der Waals surface area contributed by atoms with Crippen molar-refractivity contribution in [2.24, 2.45) is 0 Å². The molecule has 0 radical (unpaired) electrons. The van der Waals surface area contributed by atoms with Gasteiger partial charge in [-0.1, -0.05) is 36.4 Å². The molecule has 7 nitrogen and oxygen atoms in total. The number of nitrogens with one attached hydrogen (secondary N) is 4. The van der Waals surface area contributed by atoms with E-state index < -0.39 is 0 Å². The molecule has 3 rings (SSSR count). The SMILES string of the molecule is CNC(=O)c1cccc(NCC(=O)Nc2ccc(C(=O)NCc3ccccc3)cc2)c1. The van der Waals surface area contributed by atoms with Crippen LogP contribution in [0.4, 0.5) is 11.4 Å². The Morgan fingerprint density at radius 2 is 1.48 bits per heavy atom. The van der Waals surface area contributed by atoms with Gasteiger partial charge in [-0.05, 0) is 48.0 Å². The van der Waals surface area contributed by atoms with Gasteiger partial charge in [0, 0.05) is 36.1 Å². The fraction of sp³-hybridized carbons (Fsp3) is 0.125. The second kappa shape index (κ2) is 10.6. The molecule has 0 aromatic heterocycles. The predicted molar refractivity (Wildman–Crippen MR) is 121 cm³/mol. The fourth-order valence-electron chi connectivity index (χ4n) is 2.89. The number of amides is 3. The number of anilines is 2. The highest BCUT2D eigenvalue weighted by Crippen LogP contribution is 2.12. The van der Waals surface area contributed by atoms with E-state index in [1.54, 1.807) is 55.6 Å². The highest BCUT2D eigenvalue weighted by Gasteiger charge is 2.08. The van der Waals surface area contributed by atoms with Gasteiger partial charge in [-0.15, -0.1) is 0 Å². The van der Waals surface area contributed by atoms with Crippen LogP contribution in [-0.4, -0.2) is 31.3 Å². The van der Waals surface area contributed by atoms with Crippen molar-refractivity contribution < 1.29 is 14.4 Å². The molecule has 0 fully saturated rings. The summed E-state index contributed by atoms with van der Waals surface area (Å²) in [5.41, 5.74) is 3.30. The highest BCUT2D eigenvalue weighted by molar-refractivity contribution is 5.97. The Morgan fingerprint density at radius 1 is 0.742 bits per heavy atom. The molecule has 3 amide bonds. The first kappa shape index (κ1) is 21.6. The van der Waals surface area contributed by atoms with E-state index in [4.69, 9.17) is 0 Å². The molecule has 0 saturated carbocycles. The summed E-state index contributed by atoms with van der Waals surface area (Å²) in [5, 5.41) is 11.2. The van der Waals surface area contributed by atoms with Crippen molar-refractivity contribution in [3.63, 3.8) is 0 Å². The minimum atomic E-state index is -0.244. The molecule has 0 aliphatic rings. The lowest BCUT2D eigenvalue weighted by Gasteiger charge is -2.10. The van der Waals surface area contributed by atoms with Gasteiger partial charge in [0.15, 0.2) is 0 Å². The van der Waals surface area contributed by atoms with E-state index in [0.717, 1.165) is 5.56 Å². The Balaban J connectivity index is 1.48. The van der Waals surface area contributed by atoms with Gasteiger partial charge in [0.1, 0.15) is 0 Å². The fourth-order valence-corrected chi connectivity index (χ4v) is 2.89. The molecule has 0 atom stereocenters. The topological polar surface area (TPSA) is 99.3 Å². The maximum Gasteiger partial charge on any atom is 0.251 e. The zero-order chi connectivity index (χ0) is 22.1. The second-order valence-corrected chi connectivity index (χ2v) is 6.81. The van der Waals surface area contributed by atoms with Crippen molar-refractivity contribution in [1.82, 2.24) is 10.6 Å². The summed E-state index contributed by atoms with van der Waals surface area (Å²) in [7, 11) is 1.56. The Labute approximate surface area is 180 Å². The maximum atomic E-state index is 12.3. The Bertz CT molecular complexity index is 1050. The lowest BCUT2D eigenvalue weighted by molar-refractivity contribution is -0.114. The van der Waals surface area contributed by atoms with Crippen molar-refractivity contribution in [3.8, 4) is 0 Å². The lowest BCUT2D eigenvalue weighted by Crippen LogP contribution is -2.23. The molecule has 0 aliphatic carbocycles. The van der Waals surface area contributed by atoms with E-state index in [1.165, 1.54) is 0 Å². The second-order valence-electron chi connectivity index (χ2n) is 6.81. The van der Waals surface area contributed by atoms with Crippen molar-refractivity contribution >= 4 is 29.1 Å². The minimum absolute atomic E-state index is 0.0382. The van der Waals surface area contributed by atoms with Crippen LogP contribution in [0, 0.1) is 0 Å². The molecule has 158 valence electrons. The van der Waals surface area contributed by atoms with Gasteiger partial charge in [0.2, 0.25) is 5.91 Å². The summed E-state index contributed by atoms with van der Waals surface area (Å²) < 4.78 is 0. The number of hydrogen-bond donors (Lipinski definition) is 4. The number of carbonyl (C=O) groups is 3. The molecule has 7 heteroatoms. The third-order valence-electron chi connectivity index (χ3n) is 4.53. The molecule has 31 heavy (non-hydrogen) atoms. The molecule has 0 unspecified atom stereocenters. The summed E-state index contributed by atoms with van der Waals surface area (Å²) in [6, 6.07) is 23.2. The largest absolute Gasteiger partial charge is 0.376 e. The molecule has 0 bridgehead atoms. The highest BCUT2D eigenvalue weighted by atomic mass is 16.2. The van der Waals surface area contributed by atoms with Gasteiger partial charge >= 0.3 is 0 Å². The van der Waals surface area contributed by atoms with E-state index in [1.807, 2.05) is 30.3 Å². The summed E-state index contributed by atoms with van der Waals surface area (Å²) in [4.78, 5) is 36.2. The number of rotatable bonds is 8. The van der Waals surface area contributed by atoms with Crippen LogP contribution in [0.1, 0.15) is 26.3 Å². The van der Waals surface area contributed by atoms with Crippen LogP contribution < -0.4 is 21.3 Å². The van der Waals surface area contributed by atoms with Crippen molar-refractivity contribution in [2.75, 3.05) is 24.2 Å². The standard InChI is InChI=1S/C24H24N4O3/c1-25-23(30)19-8-5-9-21(14-19)26-16-22(29)28-20-12-10-18(11-13-20)24(31)27-15-17-6-3-2-4-7-17/h2-14,26H,15-16H2,1H3,(H,25,30)(H,27,31)(H,28,29). The van der Waals surface area contributed by atoms with Gasteiger partial charge in [-0.3, -0.25) is 14.4 Å². The summed E-state index contributed by atoms with van der Waals surface area (Å²) in [6.07, 6.45) is 0. The van der Waals surface area contributed by atoms with Crippen molar-refractivity contribution in [2.45, 2.75) is 6.54 Å². The molecule has 3 aromatic carbocycles. The van der Waals surface area contributed by atoms with Gasteiger partial charge in [-0.25, -0.2) is 0 Å². The third kappa shape index (κ3) is 6.43. The third-order valence-corrected chi connectivity index (χ3v) is 4.53. The Kier molecular flexibility index (Phi) is 7.37. The Hall–Kier alpha value is -4.13. The van der Waals surface area contributed by atoms with Gasteiger partial charge in [0.05, 0.1) is 6.54 Å². The number of hydrogen-bond acceptors (Lipinski definition) is 4. The molecule has 0 spiro atoms. The first-order valence-electron chi connectivity index (χ1n) is 9.83. The van der Waals surface area contributed by atoms with Crippen LogP contribution in [-0.2, 0) is 11.3 Å². The lowest BCUT2D eigenvalue weighted by atomic mass is 10.1. The van der Waals surface area contributed by atoms with Gasteiger partial charge in [0.25, 0.3) is 11.8 Å². The van der Waals surface area contributed by atoms with Gasteiger partial charge in [-0.2, -0.15) is 0 Å². The first-order valence-corrected chi connectivity index (χ1v) is 9.83. The smallest absolute Gasteiger partial charge is 0.251 e. The summed E-state index contributed by atoms with van der Waals surface area (Å²) >= 11 is 0. The minimum Gasteiger partial charge on any atom is -0.376 e.